The van der Waals surface area contributed by atoms with Gasteiger partial charge in [0.05, 0.1) is 19.8 Å². The van der Waals surface area contributed by atoms with Crippen molar-refractivity contribution in [1.29, 1.82) is 0 Å². The maximum absolute atomic E-state index is 12.2. The van der Waals surface area contributed by atoms with E-state index in [0.29, 0.717) is 17.1 Å². The van der Waals surface area contributed by atoms with Crippen LogP contribution in [0.15, 0.2) is 54.6 Å². The summed E-state index contributed by atoms with van der Waals surface area (Å²) in [4.78, 5) is 12.2. The molecule has 0 aliphatic carbocycles. The molecule has 3 rings (SSSR count). The smallest absolute Gasteiger partial charge is 0.323 e. The van der Waals surface area contributed by atoms with Crippen molar-refractivity contribution in [2.24, 2.45) is 0 Å². The SMILES string of the molecule is COC(CO)C(O)C(O)[C@H](O)COC1C(CO)OC(Nc2ccc(NC(=O)Nc3ccccc3)cc2)C(O)C1O. The number of carbonyl (C=O) groups excluding carboxylic acids is 1. The minimum atomic E-state index is -1.76. The van der Waals surface area contributed by atoms with E-state index >= 15 is 0 Å². The van der Waals surface area contributed by atoms with Crippen LogP contribution >= 0.6 is 0 Å². The van der Waals surface area contributed by atoms with Crippen LogP contribution in [-0.2, 0) is 14.2 Å². The minimum absolute atomic E-state index is 0.433. The summed E-state index contributed by atoms with van der Waals surface area (Å²) in [6, 6.07) is 14.9. The number of methoxy groups -OCH3 is 1. The van der Waals surface area contributed by atoms with Crippen molar-refractivity contribution in [2.75, 3.05) is 42.9 Å². The van der Waals surface area contributed by atoms with Gasteiger partial charge >= 0.3 is 6.03 Å². The molecule has 2 aromatic carbocycles. The highest BCUT2D eigenvalue weighted by Gasteiger charge is 2.45. The first-order valence-electron chi connectivity index (χ1n) is 12.6. The van der Waals surface area contributed by atoms with Gasteiger partial charge in [-0.05, 0) is 36.4 Å². The van der Waals surface area contributed by atoms with Crippen molar-refractivity contribution in [3.8, 4) is 0 Å². The molecule has 0 aromatic heterocycles. The molecule has 0 radical (unpaired) electrons. The average Bonchev–Trinajstić information content (AvgIpc) is 2.96. The van der Waals surface area contributed by atoms with Crippen LogP contribution in [0.4, 0.5) is 21.9 Å². The number of rotatable bonds is 13. The lowest BCUT2D eigenvalue weighted by atomic mass is 9.97. The second-order valence-corrected chi connectivity index (χ2v) is 9.23. The Hall–Kier alpha value is -2.89. The number of carbonyl (C=O) groups is 1. The lowest BCUT2D eigenvalue weighted by Gasteiger charge is -2.42. The lowest BCUT2D eigenvalue weighted by Crippen LogP contribution is -2.62. The number of amides is 2. The van der Waals surface area contributed by atoms with Gasteiger partial charge in [0.25, 0.3) is 0 Å². The number of para-hydroxylation sites is 1. The quantitative estimate of drug-likeness (QED) is 0.136. The predicted molar refractivity (Wildman–Crippen MR) is 143 cm³/mol. The van der Waals surface area contributed by atoms with E-state index in [1.54, 1.807) is 48.5 Å². The number of aliphatic hydroxyl groups is 7. The molecule has 222 valence electrons. The van der Waals surface area contributed by atoms with Crippen LogP contribution in [0.3, 0.4) is 0 Å². The van der Waals surface area contributed by atoms with E-state index in [9.17, 15) is 40.5 Å². The van der Waals surface area contributed by atoms with Gasteiger partial charge in [-0.15, -0.1) is 0 Å². The molecule has 1 heterocycles. The fourth-order valence-corrected chi connectivity index (χ4v) is 4.12. The van der Waals surface area contributed by atoms with Crippen LogP contribution in [0.2, 0.25) is 0 Å². The van der Waals surface area contributed by atoms with E-state index in [2.05, 4.69) is 16.0 Å². The normalized spacial score (nSPS) is 25.9. The van der Waals surface area contributed by atoms with E-state index < -0.39 is 80.9 Å². The molecule has 1 aliphatic heterocycles. The summed E-state index contributed by atoms with van der Waals surface area (Å²) in [5.41, 5.74) is 1.60. The Balaban J connectivity index is 1.54. The Labute approximate surface area is 230 Å². The molecule has 14 nitrogen and oxygen atoms in total. The van der Waals surface area contributed by atoms with Gasteiger partial charge in [-0.25, -0.2) is 4.79 Å². The van der Waals surface area contributed by atoms with Gasteiger partial charge in [0.2, 0.25) is 0 Å². The number of ether oxygens (including phenoxy) is 3. The molecule has 40 heavy (non-hydrogen) atoms. The van der Waals surface area contributed by atoms with Gasteiger partial charge in [0, 0.05) is 24.2 Å². The Morgan fingerprint density at radius 2 is 1.50 bits per heavy atom. The third kappa shape index (κ3) is 8.31. The van der Waals surface area contributed by atoms with Crippen molar-refractivity contribution < 1.29 is 54.8 Å². The van der Waals surface area contributed by atoms with Crippen LogP contribution in [0, 0.1) is 0 Å². The van der Waals surface area contributed by atoms with Gasteiger partial charge in [0.1, 0.15) is 48.8 Å². The van der Waals surface area contributed by atoms with Crippen LogP contribution in [0.1, 0.15) is 0 Å². The van der Waals surface area contributed by atoms with Crippen LogP contribution in [0.5, 0.6) is 0 Å². The number of urea groups is 1. The second-order valence-electron chi connectivity index (χ2n) is 9.23. The third-order valence-corrected chi connectivity index (χ3v) is 6.42. The Bertz CT molecular complexity index is 1030. The third-order valence-electron chi connectivity index (χ3n) is 6.42. The predicted octanol–water partition coefficient (Wildman–Crippen LogP) is -1.34. The zero-order chi connectivity index (χ0) is 29.2. The first kappa shape index (κ1) is 31.6. The summed E-state index contributed by atoms with van der Waals surface area (Å²) in [5, 5.41) is 78.9. The summed E-state index contributed by atoms with van der Waals surface area (Å²) in [6.07, 6.45) is -12.9. The van der Waals surface area contributed by atoms with Crippen LogP contribution < -0.4 is 16.0 Å². The molecular weight excluding hydrogens is 530 g/mol. The molecule has 8 unspecified atom stereocenters. The van der Waals surface area contributed by atoms with Crippen molar-refractivity contribution >= 4 is 23.1 Å². The molecule has 0 bridgehead atoms. The number of benzene rings is 2. The molecule has 1 fully saturated rings. The van der Waals surface area contributed by atoms with E-state index in [1.165, 1.54) is 7.11 Å². The standard InChI is InChI=1S/C26H37N3O11/c1-38-18(11-30)21(34)20(33)17(32)13-39-24-19(12-31)40-25(23(36)22(24)35)27-15-7-9-16(10-8-15)29-26(37)28-14-5-3-2-4-6-14/h2-10,17-25,27,30-36H,11-13H2,1H3,(H2,28,29,37)/t17-,18?,19?,20?,21?,22?,23?,24?,25?/m1/s1. The van der Waals surface area contributed by atoms with Gasteiger partial charge < -0.3 is 65.9 Å². The highest BCUT2D eigenvalue weighted by molar-refractivity contribution is 5.99. The molecule has 0 saturated carbocycles. The van der Waals surface area contributed by atoms with Gasteiger partial charge in [-0.3, -0.25) is 0 Å². The molecule has 1 aliphatic rings. The van der Waals surface area contributed by atoms with Crippen molar-refractivity contribution in [3.05, 3.63) is 54.6 Å². The summed E-state index contributed by atoms with van der Waals surface area (Å²) >= 11 is 0. The first-order chi connectivity index (χ1) is 19.2. The zero-order valence-electron chi connectivity index (χ0n) is 21.8. The fourth-order valence-electron chi connectivity index (χ4n) is 4.12. The lowest BCUT2D eigenvalue weighted by molar-refractivity contribution is -0.243. The second kappa shape index (κ2) is 15.2. The Morgan fingerprint density at radius 3 is 2.08 bits per heavy atom. The van der Waals surface area contributed by atoms with Gasteiger partial charge in [0.15, 0.2) is 6.23 Å². The summed E-state index contributed by atoms with van der Waals surface area (Å²) in [6.45, 7) is -1.81. The average molecular weight is 568 g/mol. The monoisotopic (exact) mass is 567 g/mol. The number of nitrogens with one attached hydrogen (secondary N) is 3. The summed E-state index contributed by atoms with van der Waals surface area (Å²) in [7, 11) is 1.21. The molecular formula is C26H37N3O11. The molecule has 0 spiro atoms. The summed E-state index contributed by atoms with van der Waals surface area (Å²) in [5.74, 6) is 0. The minimum Gasteiger partial charge on any atom is -0.394 e. The molecule has 9 atom stereocenters. The van der Waals surface area contributed by atoms with Crippen molar-refractivity contribution in [2.45, 2.75) is 55.1 Å². The highest BCUT2D eigenvalue weighted by atomic mass is 16.6. The van der Waals surface area contributed by atoms with Gasteiger partial charge in [-0.1, -0.05) is 18.2 Å². The zero-order valence-corrected chi connectivity index (χ0v) is 21.8. The number of anilines is 3. The molecule has 1 saturated heterocycles. The Morgan fingerprint density at radius 1 is 0.900 bits per heavy atom. The summed E-state index contributed by atoms with van der Waals surface area (Å²) < 4.78 is 16.0. The van der Waals surface area contributed by atoms with Crippen molar-refractivity contribution in [3.63, 3.8) is 0 Å². The van der Waals surface area contributed by atoms with E-state index in [1.807, 2.05) is 6.07 Å². The highest BCUT2D eigenvalue weighted by Crippen LogP contribution is 2.26. The topological polar surface area (TPSA) is 222 Å². The van der Waals surface area contributed by atoms with Crippen molar-refractivity contribution in [1.82, 2.24) is 0 Å². The molecule has 10 N–H and O–H groups in total. The maximum Gasteiger partial charge on any atom is 0.323 e. The number of hydrogen-bond donors (Lipinski definition) is 10. The maximum atomic E-state index is 12.2. The first-order valence-corrected chi connectivity index (χ1v) is 12.6. The molecule has 2 aromatic rings. The molecule has 2 amide bonds. The van der Waals surface area contributed by atoms with E-state index in [0.717, 1.165) is 0 Å². The Kier molecular flexibility index (Phi) is 12.0. The van der Waals surface area contributed by atoms with E-state index in [4.69, 9.17) is 14.2 Å². The fraction of sp³-hybridized carbons (Fsp3) is 0.500. The number of hydrogen-bond acceptors (Lipinski definition) is 12. The molecule has 14 heteroatoms. The van der Waals surface area contributed by atoms with Crippen LogP contribution in [0.25, 0.3) is 0 Å². The largest absolute Gasteiger partial charge is 0.394 e. The van der Waals surface area contributed by atoms with E-state index in [-0.39, 0.29) is 0 Å². The van der Waals surface area contributed by atoms with Crippen LogP contribution in [-0.4, -0.2) is 124 Å². The van der Waals surface area contributed by atoms with Gasteiger partial charge in [-0.2, -0.15) is 0 Å². The number of aliphatic hydroxyl groups excluding tert-OH is 7.